The van der Waals surface area contributed by atoms with E-state index in [-0.39, 0.29) is 0 Å². The van der Waals surface area contributed by atoms with Gasteiger partial charge in [0, 0.05) is 5.54 Å². The molecule has 0 aromatic carbocycles. The molecular weight excluding hydrogens is 146 g/mol. The van der Waals surface area contributed by atoms with Crippen molar-refractivity contribution >= 4 is 0 Å². The monoisotopic (exact) mass is 163 g/mol. The molecule has 12 heavy (non-hydrogen) atoms. The maximum Gasteiger partial charge on any atom is 0.0165 e. The zero-order chi connectivity index (χ0) is 7.97. The SMILES string of the molecule is NC12CC3CC4CC(C1)C4(C3)C2. The first-order valence-corrected chi connectivity index (χ1v) is 5.49. The predicted molar refractivity (Wildman–Crippen MR) is 47.5 cm³/mol. The minimum absolute atomic E-state index is 0.304. The summed E-state index contributed by atoms with van der Waals surface area (Å²) in [5.41, 5.74) is 7.54. The molecular formula is C11H17N. The second-order valence-electron chi connectivity index (χ2n) is 6.12. The van der Waals surface area contributed by atoms with Crippen molar-refractivity contribution in [3.05, 3.63) is 0 Å². The molecule has 2 N–H and O–H groups in total. The van der Waals surface area contributed by atoms with Gasteiger partial charge in [-0.3, -0.25) is 0 Å². The van der Waals surface area contributed by atoms with E-state index in [9.17, 15) is 0 Å². The highest BCUT2D eigenvalue weighted by molar-refractivity contribution is 5.22. The van der Waals surface area contributed by atoms with Gasteiger partial charge in [-0.05, 0) is 61.7 Å². The Morgan fingerprint density at radius 1 is 1.00 bits per heavy atom. The van der Waals surface area contributed by atoms with Crippen molar-refractivity contribution in [1.29, 1.82) is 0 Å². The third kappa shape index (κ3) is 0.477. The van der Waals surface area contributed by atoms with E-state index in [4.69, 9.17) is 5.73 Å². The van der Waals surface area contributed by atoms with Crippen LogP contribution in [0.25, 0.3) is 0 Å². The van der Waals surface area contributed by atoms with Gasteiger partial charge in [0.15, 0.2) is 0 Å². The molecule has 4 fully saturated rings. The third-order valence-corrected chi connectivity index (χ3v) is 5.51. The summed E-state index contributed by atoms with van der Waals surface area (Å²) in [6, 6.07) is 0. The largest absolute Gasteiger partial charge is 0.325 e. The highest BCUT2D eigenvalue weighted by Gasteiger charge is 2.69. The van der Waals surface area contributed by atoms with E-state index in [1.165, 1.54) is 32.1 Å². The summed E-state index contributed by atoms with van der Waals surface area (Å²) in [5, 5.41) is 0. The van der Waals surface area contributed by atoms with E-state index in [1.807, 2.05) is 0 Å². The summed E-state index contributed by atoms with van der Waals surface area (Å²) in [6.45, 7) is 0. The summed E-state index contributed by atoms with van der Waals surface area (Å²) < 4.78 is 0. The van der Waals surface area contributed by atoms with Crippen molar-refractivity contribution in [2.45, 2.75) is 44.1 Å². The number of hydrogen-bond acceptors (Lipinski definition) is 1. The van der Waals surface area contributed by atoms with E-state index < -0.39 is 0 Å². The molecule has 3 bridgehead atoms. The normalized spacial score (nSPS) is 71.2. The molecule has 0 aromatic heterocycles. The smallest absolute Gasteiger partial charge is 0.0165 e. The fourth-order valence-corrected chi connectivity index (χ4v) is 5.42. The molecule has 0 aliphatic heterocycles. The molecule has 0 amide bonds. The fraction of sp³-hybridized carbons (Fsp3) is 1.00. The van der Waals surface area contributed by atoms with Crippen molar-refractivity contribution < 1.29 is 0 Å². The van der Waals surface area contributed by atoms with Crippen molar-refractivity contribution in [2.24, 2.45) is 28.9 Å². The molecule has 4 rings (SSSR count). The fourth-order valence-electron chi connectivity index (χ4n) is 5.42. The Bertz CT molecular complexity index is 256. The Balaban J connectivity index is 1.89. The molecule has 5 unspecified atom stereocenters. The van der Waals surface area contributed by atoms with Gasteiger partial charge < -0.3 is 5.73 Å². The quantitative estimate of drug-likeness (QED) is 0.580. The van der Waals surface area contributed by atoms with Crippen LogP contribution in [0.15, 0.2) is 0 Å². The van der Waals surface area contributed by atoms with Crippen LogP contribution in [-0.2, 0) is 0 Å². The molecule has 66 valence electrons. The van der Waals surface area contributed by atoms with E-state index >= 15 is 0 Å². The lowest BCUT2D eigenvalue weighted by atomic mass is 9.56. The van der Waals surface area contributed by atoms with Gasteiger partial charge in [0.2, 0.25) is 0 Å². The zero-order valence-corrected chi connectivity index (χ0v) is 7.55. The van der Waals surface area contributed by atoms with Crippen LogP contribution in [0.5, 0.6) is 0 Å². The number of rotatable bonds is 0. The first kappa shape index (κ1) is 6.42. The first-order chi connectivity index (χ1) is 5.70. The van der Waals surface area contributed by atoms with Gasteiger partial charge in [0.05, 0.1) is 0 Å². The lowest BCUT2D eigenvalue weighted by Gasteiger charge is -2.49. The van der Waals surface area contributed by atoms with Crippen LogP contribution in [0.2, 0.25) is 0 Å². The molecule has 1 nitrogen and oxygen atoms in total. The highest BCUT2D eigenvalue weighted by atomic mass is 14.9. The van der Waals surface area contributed by atoms with Crippen LogP contribution in [0.3, 0.4) is 0 Å². The summed E-state index contributed by atoms with van der Waals surface area (Å²) in [6.07, 6.45) is 8.76. The molecule has 0 heterocycles. The van der Waals surface area contributed by atoms with Gasteiger partial charge in [0.1, 0.15) is 0 Å². The van der Waals surface area contributed by atoms with Crippen LogP contribution in [0.4, 0.5) is 0 Å². The van der Waals surface area contributed by atoms with Gasteiger partial charge in [-0.15, -0.1) is 0 Å². The van der Waals surface area contributed by atoms with Crippen molar-refractivity contribution in [3.8, 4) is 0 Å². The molecule has 1 spiro atoms. The maximum absolute atomic E-state index is 6.43. The molecule has 1 heteroatoms. The molecule has 4 aliphatic rings. The molecule has 0 saturated heterocycles. The minimum atomic E-state index is 0.304. The Morgan fingerprint density at radius 2 is 1.92 bits per heavy atom. The van der Waals surface area contributed by atoms with E-state index in [0.29, 0.717) is 5.54 Å². The highest BCUT2D eigenvalue weighted by Crippen LogP contribution is 2.75. The minimum Gasteiger partial charge on any atom is -0.325 e. The Morgan fingerprint density at radius 3 is 2.83 bits per heavy atom. The zero-order valence-electron chi connectivity index (χ0n) is 7.55. The van der Waals surface area contributed by atoms with Crippen molar-refractivity contribution in [1.82, 2.24) is 0 Å². The van der Waals surface area contributed by atoms with E-state index in [1.54, 1.807) is 6.42 Å². The average molecular weight is 163 g/mol. The molecule has 4 saturated carbocycles. The van der Waals surface area contributed by atoms with Crippen LogP contribution >= 0.6 is 0 Å². The summed E-state index contributed by atoms with van der Waals surface area (Å²) in [5.74, 6) is 3.20. The number of fused-ring (bicyclic) bond motifs is 2. The number of nitrogens with two attached hydrogens (primary N) is 1. The summed E-state index contributed by atoms with van der Waals surface area (Å²) in [7, 11) is 0. The first-order valence-electron chi connectivity index (χ1n) is 5.49. The van der Waals surface area contributed by atoms with Gasteiger partial charge >= 0.3 is 0 Å². The summed E-state index contributed by atoms with van der Waals surface area (Å²) in [4.78, 5) is 0. The second-order valence-corrected chi connectivity index (χ2v) is 6.12. The summed E-state index contributed by atoms with van der Waals surface area (Å²) >= 11 is 0. The Kier molecular flexibility index (Phi) is 0.800. The van der Waals surface area contributed by atoms with Gasteiger partial charge in [-0.2, -0.15) is 0 Å². The van der Waals surface area contributed by atoms with Gasteiger partial charge in [0.25, 0.3) is 0 Å². The molecule has 4 aliphatic carbocycles. The standard InChI is InChI=1S/C11H17N/c12-10-3-7-1-8-2-9(5-10)11(8,4-7)6-10/h7-9H,1-6,12H2. The van der Waals surface area contributed by atoms with Crippen LogP contribution < -0.4 is 5.73 Å². The van der Waals surface area contributed by atoms with Crippen LogP contribution in [0, 0.1) is 23.2 Å². The topological polar surface area (TPSA) is 26.0 Å². The maximum atomic E-state index is 6.43. The molecule has 5 atom stereocenters. The van der Waals surface area contributed by atoms with Gasteiger partial charge in [-0.1, -0.05) is 0 Å². The van der Waals surface area contributed by atoms with Crippen molar-refractivity contribution in [2.75, 3.05) is 0 Å². The van der Waals surface area contributed by atoms with Crippen molar-refractivity contribution in [3.63, 3.8) is 0 Å². The molecule has 0 aromatic rings. The Hall–Kier alpha value is -0.0400. The lowest BCUT2D eigenvalue weighted by Crippen LogP contribution is -2.44. The predicted octanol–water partition coefficient (Wildman–Crippen LogP) is 1.91. The van der Waals surface area contributed by atoms with Gasteiger partial charge in [-0.25, -0.2) is 0 Å². The Labute approximate surface area is 73.7 Å². The number of hydrogen-bond donors (Lipinski definition) is 1. The van der Waals surface area contributed by atoms with E-state index in [0.717, 1.165) is 23.2 Å². The molecule has 0 radical (unpaired) electrons. The third-order valence-electron chi connectivity index (χ3n) is 5.51. The van der Waals surface area contributed by atoms with Crippen LogP contribution in [-0.4, -0.2) is 5.54 Å². The second kappa shape index (κ2) is 1.50. The van der Waals surface area contributed by atoms with E-state index in [2.05, 4.69) is 0 Å². The lowest BCUT2D eigenvalue weighted by molar-refractivity contribution is 0.0000434. The van der Waals surface area contributed by atoms with Crippen LogP contribution in [0.1, 0.15) is 38.5 Å². The average Bonchev–Trinajstić information content (AvgIpc) is 2.26.